The van der Waals surface area contributed by atoms with E-state index in [9.17, 15) is 13.6 Å². The van der Waals surface area contributed by atoms with Gasteiger partial charge in [0.15, 0.2) is 5.82 Å². The van der Waals surface area contributed by atoms with Crippen molar-refractivity contribution in [1.29, 1.82) is 0 Å². The van der Waals surface area contributed by atoms with E-state index in [-0.39, 0.29) is 19.1 Å². The van der Waals surface area contributed by atoms with Gasteiger partial charge in [-0.15, -0.1) is 0 Å². The molecule has 1 aromatic heterocycles. The molecule has 0 radical (unpaired) electrons. The molecule has 0 unspecified atom stereocenters. The molecule has 0 atom stereocenters. The van der Waals surface area contributed by atoms with Gasteiger partial charge in [-0.3, -0.25) is 9.89 Å². The van der Waals surface area contributed by atoms with E-state index >= 15 is 0 Å². The highest BCUT2D eigenvalue weighted by Crippen LogP contribution is 2.29. The fourth-order valence-corrected chi connectivity index (χ4v) is 5.26. The number of rotatable bonds is 11. The zero-order valence-corrected chi connectivity index (χ0v) is 25.0. The first-order chi connectivity index (χ1) is 20.6. The predicted molar refractivity (Wildman–Crippen MR) is 165 cm³/mol. The number of likely N-dealkylation sites (N-methyl/N-ethyl adjacent to an activating group) is 1. The van der Waals surface area contributed by atoms with Crippen LogP contribution in [0.25, 0.3) is 10.9 Å². The van der Waals surface area contributed by atoms with Crippen LogP contribution in [0, 0.1) is 11.6 Å². The molecule has 0 spiro atoms. The van der Waals surface area contributed by atoms with Crippen molar-refractivity contribution in [3.63, 3.8) is 0 Å². The highest BCUT2D eigenvalue weighted by atomic mass is 19.1. The number of halogens is 2. The molecular weight excluding hydrogens is 554 g/mol. The zero-order valence-electron chi connectivity index (χ0n) is 25.0. The summed E-state index contributed by atoms with van der Waals surface area (Å²) in [5.41, 5.74) is 3.80. The molecule has 3 aromatic carbocycles. The van der Waals surface area contributed by atoms with Gasteiger partial charge >= 0.3 is 0 Å². The summed E-state index contributed by atoms with van der Waals surface area (Å²) in [6.45, 7) is 8.54. The zero-order chi connectivity index (χ0) is 30.6. The van der Waals surface area contributed by atoms with Gasteiger partial charge in [-0.1, -0.05) is 6.07 Å². The molecule has 0 aliphatic carbocycles. The van der Waals surface area contributed by atoms with Gasteiger partial charge in [0.2, 0.25) is 0 Å². The Morgan fingerprint density at radius 1 is 0.977 bits per heavy atom. The molecule has 228 valence electrons. The first-order valence-corrected chi connectivity index (χ1v) is 14.3. The van der Waals surface area contributed by atoms with Crippen molar-refractivity contribution in [2.24, 2.45) is 0 Å². The second-order valence-corrected chi connectivity index (χ2v) is 11.6. The van der Waals surface area contributed by atoms with Gasteiger partial charge < -0.3 is 29.9 Å². The van der Waals surface area contributed by atoms with Gasteiger partial charge in [0.25, 0.3) is 5.91 Å². The van der Waals surface area contributed by atoms with Gasteiger partial charge in [0, 0.05) is 56.1 Å². The minimum atomic E-state index is -0.645. The number of methoxy groups -OCH3 is 1. The molecule has 4 aromatic rings. The van der Waals surface area contributed by atoms with E-state index in [1.165, 1.54) is 12.1 Å². The summed E-state index contributed by atoms with van der Waals surface area (Å²) >= 11 is 0. The minimum absolute atomic E-state index is 0.0566. The van der Waals surface area contributed by atoms with Crippen molar-refractivity contribution in [3.05, 3.63) is 82.9 Å². The molecule has 1 fully saturated rings. The van der Waals surface area contributed by atoms with Crippen molar-refractivity contribution in [2.45, 2.75) is 32.6 Å². The van der Waals surface area contributed by atoms with Crippen molar-refractivity contribution < 1.29 is 23.0 Å². The fourth-order valence-electron chi connectivity index (χ4n) is 5.26. The Hall–Kier alpha value is -4.06. The predicted octanol–water partition coefficient (Wildman–Crippen LogP) is 5.40. The standard InChI is InChI=1S/C32H38F2N6O3/c1-32(2,20-42-4)36-29-17-25(40-11-9-39(3)10-12-40)6-7-26(29)31(41)35-30-27-15-21(5-8-28(27)37-38-30)18-43-19-22-13-23(33)16-24(34)14-22/h5-8,13-17,36H,9-12,18-20H2,1-4H3,(H2,35,37,38,41). The highest BCUT2D eigenvalue weighted by Gasteiger charge is 2.24. The number of fused-ring (bicyclic) bond motifs is 1. The lowest BCUT2D eigenvalue weighted by molar-refractivity contribution is 0.102. The van der Waals surface area contributed by atoms with E-state index < -0.39 is 17.2 Å². The van der Waals surface area contributed by atoms with Crippen molar-refractivity contribution >= 4 is 34.0 Å². The summed E-state index contributed by atoms with van der Waals surface area (Å²) < 4.78 is 38.1. The molecule has 1 aliphatic rings. The number of hydrogen-bond donors (Lipinski definition) is 3. The Morgan fingerprint density at radius 2 is 1.70 bits per heavy atom. The van der Waals surface area contributed by atoms with Crippen LogP contribution in [0.15, 0.2) is 54.6 Å². The van der Waals surface area contributed by atoms with Gasteiger partial charge in [0.1, 0.15) is 11.6 Å². The van der Waals surface area contributed by atoms with Crippen molar-refractivity contribution in [2.75, 3.05) is 62.5 Å². The van der Waals surface area contributed by atoms with Gasteiger partial charge in [0.05, 0.1) is 36.4 Å². The molecule has 9 nitrogen and oxygen atoms in total. The number of aromatic amines is 1. The second kappa shape index (κ2) is 13.1. The lowest BCUT2D eigenvalue weighted by atomic mass is 10.0. The Labute approximate surface area is 250 Å². The molecule has 43 heavy (non-hydrogen) atoms. The number of carbonyl (C=O) groups is 1. The maximum absolute atomic E-state index is 13.7. The fraction of sp³-hybridized carbons (Fsp3) is 0.375. The number of nitrogens with zero attached hydrogens (tertiary/aromatic N) is 3. The van der Waals surface area contributed by atoms with Crippen LogP contribution >= 0.6 is 0 Å². The summed E-state index contributed by atoms with van der Waals surface area (Å²) in [6, 6.07) is 14.8. The summed E-state index contributed by atoms with van der Waals surface area (Å²) in [7, 11) is 3.77. The molecular formula is C32H38F2N6O3. The van der Waals surface area contributed by atoms with Gasteiger partial charge in [-0.05, 0) is 74.5 Å². The van der Waals surface area contributed by atoms with E-state index in [0.29, 0.717) is 29.2 Å². The number of carbonyl (C=O) groups excluding carboxylic acids is 1. The molecule has 0 saturated carbocycles. The summed E-state index contributed by atoms with van der Waals surface area (Å²) in [5, 5.41) is 14.5. The Balaban J connectivity index is 1.34. The van der Waals surface area contributed by atoms with Crippen LogP contribution in [0.1, 0.15) is 35.3 Å². The smallest absolute Gasteiger partial charge is 0.258 e. The number of H-pyrrole nitrogens is 1. The highest BCUT2D eigenvalue weighted by molar-refractivity contribution is 6.11. The van der Waals surface area contributed by atoms with Gasteiger partial charge in [-0.25, -0.2) is 8.78 Å². The number of aromatic nitrogens is 2. The van der Waals surface area contributed by atoms with Crippen molar-refractivity contribution in [1.82, 2.24) is 15.1 Å². The molecule has 0 bridgehead atoms. The molecule has 2 heterocycles. The summed E-state index contributed by atoms with van der Waals surface area (Å²) in [4.78, 5) is 18.3. The van der Waals surface area contributed by atoms with Crippen LogP contribution in [0.2, 0.25) is 0 Å². The van der Waals surface area contributed by atoms with Crippen LogP contribution in [0.5, 0.6) is 0 Å². The van der Waals surface area contributed by atoms with Crippen LogP contribution in [0.3, 0.4) is 0 Å². The Bertz CT molecular complexity index is 1560. The lowest BCUT2D eigenvalue weighted by Crippen LogP contribution is -2.44. The average Bonchev–Trinajstić information content (AvgIpc) is 3.34. The van der Waals surface area contributed by atoms with Gasteiger partial charge in [-0.2, -0.15) is 5.10 Å². The maximum atomic E-state index is 13.7. The van der Waals surface area contributed by atoms with E-state index in [2.05, 4.69) is 37.7 Å². The topological polar surface area (TPSA) is 94.8 Å². The van der Waals surface area contributed by atoms with E-state index in [1.54, 1.807) is 7.11 Å². The molecule has 1 amide bonds. The van der Waals surface area contributed by atoms with Crippen LogP contribution < -0.4 is 15.5 Å². The average molecular weight is 593 g/mol. The number of amides is 1. The number of nitrogens with one attached hydrogen (secondary N) is 3. The Kier molecular flexibility index (Phi) is 9.24. The summed E-state index contributed by atoms with van der Waals surface area (Å²) in [5.74, 6) is -1.20. The minimum Gasteiger partial charge on any atom is -0.382 e. The van der Waals surface area contributed by atoms with E-state index in [0.717, 1.165) is 54.4 Å². The van der Waals surface area contributed by atoms with E-state index in [1.807, 2.05) is 50.2 Å². The molecule has 3 N–H and O–H groups in total. The molecule has 11 heteroatoms. The molecule has 1 aliphatic heterocycles. The normalized spacial score (nSPS) is 14.3. The SMILES string of the molecule is COCC(C)(C)Nc1cc(N2CCN(C)CC2)ccc1C(=O)Nc1n[nH]c2ccc(COCc3cc(F)cc(F)c3)cc12. The van der Waals surface area contributed by atoms with E-state index in [4.69, 9.17) is 9.47 Å². The number of anilines is 3. The molecule has 5 rings (SSSR count). The third-order valence-electron chi connectivity index (χ3n) is 7.41. The van der Waals surface area contributed by atoms with Crippen molar-refractivity contribution in [3.8, 4) is 0 Å². The third kappa shape index (κ3) is 7.67. The van der Waals surface area contributed by atoms with Crippen LogP contribution in [-0.4, -0.2) is 73.5 Å². The lowest BCUT2D eigenvalue weighted by Gasteiger charge is -2.35. The first-order valence-electron chi connectivity index (χ1n) is 14.3. The van der Waals surface area contributed by atoms with Crippen LogP contribution in [-0.2, 0) is 22.7 Å². The molecule has 1 saturated heterocycles. The number of ether oxygens (including phenoxy) is 2. The quantitative estimate of drug-likeness (QED) is 0.215. The number of benzene rings is 3. The first kappa shape index (κ1) is 30.4. The number of hydrogen-bond acceptors (Lipinski definition) is 7. The number of piperazine rings is 1. The second-order valence-electron chi connectivity index (χ2n) is 11.6. The largest absolute Gasteiger partial charge is 0.382 e. The maximum Gasteiger partial charge on any atom is 0.258 e. The Morgan fingerprint density at radius 3 is 2.42 bits per heavy atom. The van der Waals surface area contributed by atoms with Crippen LogP contribution in [0.4, 0.5) is 26.0 Å². The third-order valence-corrected chi connectivity index (χ3v) is 7.41. The monoisotopic (exact) mass is 592 g/mol. The summed E-state index contributed by atoms with van der Waals surface area (Å²) in [6.07, 6.45) is 0.